The van der Waals surface area contributed by atoms with Crippen molar-refractivity contribution in [1.82, 2.24) is 15.0 Å². The number of carboxylic acids is 1. The Morgan fingerprint density at radius 3 is 2.90 bits per heavy atom. The predicted molar refractivity (Wildman–Crippen MR) is 77.8 cm³/mol. The third-order valence-electron chi connectivity index (χ3n) is 4.28. The Hall–Kier alpha value is -1.43. The second-order valence-corrected chi connectivity index (χ2v) is 5.82. The molecule has 0 spiro atoms. The Bertz CT molecular complexity index is 474. The van der Waals surface area contributed by atoms with Gasteiger partial charge in [-0.1, -0.05) is 31.8 Å². The standard InChI is InChI=1S/C15H25N3O3/c1-3-5-7-12-16-13(21-17-12)11-18-10-6-9-15(18,8-4-2)14(19)20/h3-11H2,1-2H3,(H,19,20). The molecule has 1 fully saturated rings. The highest BCUT2D eigenvalue weighted by Crippen LogP contribution is 2.35. The van der Waals surface area contributed by atoms with E-state index in [1.807, 2.05) is 11.8 Å². The van der Waals surface area contributed by atoms with Gasteiger partial charge in [0.15, 0.2) is 5.82 Å². The molecule has 1 saturated heterocycles. The van der Waals surface area contributed by atoms with Crippen LogP contribution in [-0.2, 0) is 17.8 Å². The van der Waals surface area contributed by atoms with Crippen LogP contribution in [0.3, 0.4) is 0 Å². The number of unbranched alkanes of at least 4 members (excludes halogenated alkanes) is 1. The highest BCUT2D eigenvalue weighted by atomic mass is 16.5. The van der Waals surface area contributed by atoms with E-state index in [0.717, 1.165) is 44.5 Å². The maximum atomic E-state index is 11.8. The molecule has 0 radical (unpaired) electrons. The fourth-order valence-corrected chi connectivity index (χ4v) is 3.16. The zero-order valence-corrected chi connectivity index (χ0v) is 13.0. The normalized spacial score (nSPS) is 22.8. The number of nitrogens with zero attached hydrogens (tertiary/aromatic N) is 3. The van der Waals surface area contributed by atoms with Crippen molar-refractivity contribution < 1.29 is 14.4 Å². The summed E-state index contributed by atoms with van der Waals surface area (Å²) in [5, 5.41) is 13.6. The molecule has 1 aromatic heterocycles. The molecule has 0 bridgehead atoms. The Morgan fingerprint density at radius 1 is 1.43 bits per heavy atom. The van der Waals surface area contributed by atoms with Crippen molar-refractivity contribution in [3.63, 3.8) is 0 Å². The highest BCUT2D eigenvalue weighted by Gasteiger charge is 2.47. The Labute approximate surface area is 125 Å². The molecule has 21 heavy (non-hydrogen) atoms. The topological polar surface area (TPSA) is 79.5 Å². The van der Waals surface area contributed by atoms with Crippen LogP contribution < -0.4 is 0 Å². The SMILES string of the molecule is CCCCc1noc(CN2CCCC2(CCC)C(=O)O)n1. The molecule has 0 amide bonds. The lowest BCUT2D eigenvalue weighted by atomic mass is 9.90. The van der Waals surface area contributed by atoms with E-state index in [1.54, 1.807) is 0 Å². The number of carbonyl (C=O) groups is 1. The molecule has 2 heterocycles. The number of likely N-dealkylation sites (tertiary alicyclic amines) is 1. The first-order valence-electron chi connectivity index (χ1n) is 7.92. The summed E-state index contributed by atoms with van der Waals surface area (Å²) in [7, 11) is 0. The van der Waals surface area contributed by atoms with E-state index in [0.29, 0.717) is 25.3 Å². The molecule has 6 nitrogen and oxygen atoms in total. The molecule has 1 aliphatic rings. The van der Waals surface area contributed by atoms with Gasteiger partial charge in [0, 0.05) is 6.42 Å². The molecular weight excluding hydrogens is 270 g/mol. The summed E-state index contributed by atoms with van der Waals surface area (Å²) in [6, 6.07) is 0. The summed E-state index contributed by atoms with van der Waals surface area (Å²) in [6.45, 7) is 5.36. The minimum absolute atomic E-state index is 0.436. The van der Waals surface area contributed by atoms with Crippen LogP contribution >= 0.6 is 0 Å². The van der Waals surface area contributed by atoms with Gasteiger partial charge in [-0.2, -0.15) is 4.98 Å². The van der Waals surface area contributed by atoms with E-state index >= 15 is 0 Å². The van der Waals surface area contributed by atoms with Gasteiger partial charge < -0.3 is 9.63 Å². The number of hydrogen-bond acceptors (Lipinski definition) is 5. The molecule has 1 N–H and O–H groups in total. The lowest BCUT2D eigenvalue weighted by molar-refractivity contribution is -0.150. The number of hydrogen-bond donors (Lipinski definition) is 1. The summed E-state index contributed by atoms with van der Waals surface area (Å²) in [5.41, 5.74) is -0.757. The number of carboxylic acid groups (broad SMARTS) is 1. The smallest absolute Gasteiger partial charge is 0.324 e. The first-order valence-corrected chi connectivity index (χ1v) is 7.92. The van der Waals surface area contributed by atoms with Crippen LogP contribution in [0.15, 0.2) is 4.52 Å². The Balaban J connectivity index is 2.06. The minimum Gasteiger partial charge on any atom is -0.480 e. The fourth-order valence-electron chi connectivity index (χ4n) is 3.16. The van der Waals surface area contributed by atoms with Crippen LogP contribution in [0.2, 0.25) is 0 Å². The van der Waals surface area contributed by atoms with Crippen LogP contribution in [-0.4, -0.2) is 38.2 Å². The van der Waals surface area contributed by atoms with Crippen LogP contribution in [0, 0.1) is 0 Å². The number of rotatable bonds is 8. The maximum absolute atomic E-state index is 11.8. The summed E-state index contributed by atoms with van der Waals surface area (Å²) < 4.78 is 5.28. The third kappa shape index (κ3) is 3.43. The molecule has 118 valence electrons. The monoisotopic (exact) mass is 295 g/mol. The van der Waals surface area contributed by atoms with Crippen molar-refractivity contribution in [2.45, 2.75) is 70.9 Å². The molecule has 1 aliphatic heterocycles. The number of aromatic nitrogens is 2. The van der Waals surface area contributed by atoms with Crippen LogP contribution in [0.5, 0.6) is 0 Å². The van der Waals surface area contributed by atoms with Crippen molar-refractivity contribution >= 4 is 5.97 Å². The quantitative estimate of drug-likeness (QED) is 0.794. The van der Waals surface area contributed by atoms with Gasteiger partial charge in [0.25, 0.3) is 0 Å². The average Bonchev–Trinajstić information content (AvgIpc) is 3.06. The van der Waals surface area contributed by atoms with Gasteiger partial charge in [-0.05, 0) is 32.2 Å². The summed E-state index contributed by atoms with van der Waals surface area (Å²) >= 11 is 0. The first-order chi connectivity index (χ1) is 10.1. The predicted octanol–water partition coefficient (Wildman–Crippen LogP) is 2.63. The van der Waals surface area contributed by atoms with Gasteiger partial charge in [-0.25, -0.2) is 0 Å². The number of aliphatic carboxylic acids is 1. The number of aryl methyl sites for hydroxylation is 1. The molecule has 6 heteroatoms. The first kappa shape index (κ1) is 15.9. The van der Waals surface area contributed by atoms with Crippen molar-refractivity contribution in [3.05, 3.63) is 11.7 Å². The second-order valence-electron chi connectivity index (χ2n) is 5.82. The minimum atomic E-state index is -0.757. The fraction of sp³-hybridized carbons (Fsp3) is 0.800. The highest BCUT2D eigenvalue weighted by molar-refractivity contribution is 5.79. The van der Waals surface area contributed by atoms with Gasteiger partial charge >= 0.3 is 5.97 Å². The third-order valence-corrected chi connectivity index (χ3v) is 4.28. The maximum Gasteiger partial charge on any atom is 0.324 e. The van der Waals surface area contributed by atoms with E-state index in [-0.39, 0.29) is 0 Å². The molecule has 0 aliphatic carbocycles. The lowest BCUT2D eigenvalue weighted by Gasteiger charge is -2.33. The van der Waals surface area contributed by atoms with Crippen molar-refractivity contribution in [2.24, 2.45) is 0 Å². The van der Waals surface area contributed by atoms with Gasteiger partial charge in [-0.3, -0.25) is 9.69 Å². The van der Waals surface area contributed by atoms with Crippen molar-refractivity contribution in [1.29, 1.82) is 0 Å². The van der Waals surface area contributed by atoms with Crippen LogP contribution in [0.4, 0.5) is 0 Å². The Kier molecular flexibility index (Phi) is 5.33. The molecule has 1 atom stereocenters. The molecule has 1 unspecified atom stereocenters. The zero-order chi connectivity index (χ0) is 15.3. The Morgan fingerprint density at radius 2 is 2.24 bits per heavy atom. The summed E-state index contributed by atoms with van der Waals surface area (Å²) in [6.07, 6.45) is 6.08. The largest absolute Gasteiger partial charge is 0.480 e. The van der Waals surface area contributed by atoms with Crippen LogP contribution in [0.25, 0.3) is 0 Å². The van der Waals surface area contributed by atoms with Crippen molar-refractivity contribution in [3.8, 4) is 0 Å². The van der Waals surface area contributed by atoms with Gasteiger partial charge in [0.05, 0.1) is 6.54 Å². The molecular formula is C15H25N3O3. The molecule has 0 saturated carbocycles. The van der Waals surface area contributed by atoms with E-state index < -0.39 is 11.5 Å². The molecule has 2 rings (SSSR count). The average molecular weight is 295 g/mol. The van der Waals surface area contributed by atoms with E-state index in [4.69, 9.17) is 4.52 Å². The summed E-state index contributed by atoms with van der Waals surface area (Å²) in [4.78, 5) is 18.1. The summed E-state index contributed by atoms with van der Waals surface area (Å²) in [5.74, 6) is 0.528. The zero-order valence-electron chi connectivity index (χ0n) is 13.0. The van der Waals surface area contributed by atoms with Gasteiger partial charge in [0.1, 0.15) is 5.54 Å². The van der Waals surface area contributed by atoms with E-state index in [1.165, 1.54) is 0 Å². The second kappa shape index (κ2) is 7.02. The van der Waals surface area contributed by atoms with Gasteiger partial charge in [0.2, 0.25) is 5.89 Å². The van der Waals surface area contributed by atoms with E-state index in [9.17, 15) is 9.90 Å². The lowest BCUT2D eigenvalue weighted by Crippen LogP contribution is -2.50. The van der Waals surface area contributed by atoms with Crippen LogP contribution in [0.1, 0.15) is 64.1 Å². The van der Waals surface area contributed by atoms with Gasteiger partial charge in [-0.15, -0.1) is 0 Å². The molecule has 0 aromatic carbocycles. The van der Waals surface area contributed by atoms with E-state index in [2.05, 4.69) is 17.1 Å². The van der Waals surface area contributed by atoms with Crippen molar-refractivity contribution in [2.75, 3.05) is 6.54 Å². The molecule has 1 aromatic rings.